The molecule has 0 amide bonds. The van der Waals surface area contributed by atoms with Crippen molar-refractivity contribution < 1.29 is 14.3 Å². The zero-order chi connectivity index (χ0) is 21.5. The zero-order valence-electron chi connectivity index (χ0n) is 17.1. The van der Waals surface area contributed by atoms with Gasteiger partial charge in [0.05, 0.1) is 31.7 Å². The van der Waals surface area contributed by atoms with Crippen molar-refractivity contribution in [2.75, 3.05) is 14.2 Å². The van der Waals surface area contributed by atoms with E-state index in [1.54, 1.807) is 31.1 Å². The molecular formula is C24H20ClN3O3. The topological polar surface area (TPSA) is 65.7 Å². The maximum absolute atomic E-state index is 13.0. The Labute approximate surface area is 184 Å². The molecule has 1 aliphatic rings. The van der Waals surface area contributed by atoms with Crippen molar-refractivity contribution in [1.82, 2.24) is 14.6 Å². The standard InChI is InChI=1S/C24H20ClN3O3/c1-30-22-8-5-15(11-23(22)31-2)16-9-20-19(21(29)10-16)13-28-24(27-20)18(12-26-28)14-3-6-17(25)7-4-14/h3-8,11-13,16H,9-10H2,1-2H3. The summed E-state index contributed by atoms with van der Waals surface area (Å²) in [4.78, 5) is 17.8. The Morgan fingerprint density at radius 1 is 1.00 bits per heavy atom. The number of halogens is 1. The normalized spacial score (nSPS) is 15.7. The fourth-order valence-corrected chi connectivity index (χ4v) is 4.28. The van der Waals surface area contributed by atoms with E-state index in [1.807, 2.05) is 42.5 Å². The molecule has 5 rings (SSSR count). The molecule has 0 radical (unpaired) electrons. The number of benzene rings is 2. The summed E-state index contributed by atoms with van der Waals surface area (Å²) in [6.07, 6.45) is 4.65. The number of Topliss-reactive ketones (excluding diaryl/α,β-unsaturated/α-hetero) is 1. The summed E-state index contributed by atoms with van der Waals surface area (Å²) in [5.74, 6) is 1.42. The smallest absolute Gasteiger partial charge is 0.166 e. The van der Waals surface area contributed by atoms with Crippen LogP contribution in [-0.4, -0.2) is 34.6 Å². The van der Waals surface area contributed by atoms with Crippen molar-refractivity contribution in [3.8, 4) is 22.6 Å². The highest BCUT2D eigenvalue weighted by Gasteiger charge is 2.29. The van der Waals surface area contributed by atoms with Crippen molar-refractivity contribution in [3.63, 3.8) is 0 Å². The molecule has 7 heteroatoms. The Bertz CT molecular complexity index is 1300. The largest absolute Gasteiger partial charge is 0.493 e. The molecule has 0 aliphatic heterocycles. The Morgan fingerprint density at radius 2 is 1.77 bits per heavy atom. The average molecular weight is 434 g/mol. The van der Waals surface area contributed by atoms with Crippen LogP contribution in [0, 0.1) is 0 Å². The highest BCUT2D eigenvalue weighted by Crippen LogP contribution is 2.37. The van der Waals surface area contributed by atoms with Crippen LogP contribution in [0.4, 0.5) is 0 Å². The number of carbonyl (C=O) groups excluding carboxylic acids is 1. The minimum Gasteiger partial charge on any atom is -0.493 e. The Hall–Kier alpha value is -3.38. The lowest BCUT2D eigenvalue weighted by Crippen LogP contribution is -2.21. The van der Waals surface area contributed by atoms with Crippen LogP contribution >= 0.6 is 11.6 Å². The van der Waals surface area contributed by atoms with Gasteiger partial charge in [0, 0.05) is 23.2 Å². The quantitative estimate of drug-likeness (QED) is 0.454. The van der Waals surface area contributed by atoms with Crippen LogP contribution in [0.3, 0.4) is 0 Å². The lowest BCUT2D eigenvalue weighted by Gasteiger charge is -2.24. The molecule has 2 aromatic carbocycles. The second-order valence-corrected chi connectivity index (χ2v) is 8.01. The maximum atomic E-state index is 13.0. The summed E-state index contributed by atoms with van der Waals surface area (Å²) in [6.45, 7) is 0. The summed E-state index contributed by atoms with van der Waals surface area (Å²) in [5.41, 5.74) is 5.06. The summed E-state index contributed by atoms with van der Waals surface area (Å²) >= 11 is 6.03. The molecule has 6 nitrogen and oxygen atoms in total. The van der Waals surface area contributed by atoms with E-state index < -0.39 is 0 Å². The Balaban J connectivity index is 1.55. The number of nitrogens with zero attached hydrogens (tertiary/aromatic N) is 3. The lowest BCUT2D eigenvalue weighted by molar-refractivity contribution is 0.0962. The number of ether oxygens (including phenoxy) is 2. The predicted octanol–water partition coefficient (Wildman–Crippen LogP) is 4.98. The van der Waals surface area contributed by atoms with Crippen molar-refractivity contribution in [2.45, 2.75) is 18.8 Å². The third-order valence-corrected chi connectivity index (χ3v) is 6.03. The third kappa shape index (κ3) is 3.43. The van der Waals surface area contributed by atoms with E-state index in [4.69, 9.17) is 26.1 Å². The molecule has 0 N–H and O–H groups in total. The SMILES string of the molecule is COc1ccc(C2CC(=O)c3cn4ncc(-c5ccc(Cl)cc5)c4nc3C2)cc1OC. The van der Waals surface area contributed by atoms with Gasteiger partial charge >= 0.3 is 0 Å². The van der Waals surface area contributed by atoms with Gasteiger partial charge in [-0.25, -0.2) is 9.50 Å². The van der Waals surface area contributed by atoms with Gasteiger partial charge < -0.3 is 9.47 Å². The minimum atomic E-state index is 0.0247. The van der Waals surface area contributed by atoms with Crippen molar-refractivity contribution >= 4 is 23.0 Å². The number of rotatable bonds is 4. The van der Waals surface area contributed by atoms with Crippen LogP contribution in [0.5, 0.6) is 11.5 Å². The summed E-state index contributed by atoms with van der Waals surface area (Å²) < 4.78 is 12.5. The van der Waals surface area contributed by atoms with Crippen molar-refractivity contribution in [2.24, 2.45) is 0 Å². The Kier molecular flexibility index (Phi) is 4.87. The Morgan fingerprint density at radius 3 is 2.52 bits per heavy atom. The average Bonchev–Trinajstić information content (AvgIpc) is 3.20. The summed E-state index contributed by atoms with van der Waals surface area (Å²) in [7, 11) is 3.22. The van der Waals surface area contributed by atoms with Gasteiger partial charge in [0.15, 0.2) is 22.9 Å². The van der Waals surface area contributed by atoms with E-state index >= 15 is 0 Å². The molecule has 0 saturated carbocycles. The molecule has 4 aromatic rings. The number of carbonyl (C=O) groups is 1. The van der Waals surface area contributed by atoms with Gasteiger partial charge in [-0.2, -0.15) is 5.10 Å². The third-order valence-electron chi connectivity index (χ3n) is 5.78. The second-order valence-electron chi connectivity index (χ2n) is 7.58. The van der Waals surface area contributed by atoms with Crippen LogP contribution in [0.2, 0.25) is 5.02 Å². The monoisotopic (exact) mass is 433 g/mol. The number of aromatic nitrogens is 3. The predicted molar refractivity (Wildman–Crippen MR) is 118 cm³/mol. The molecule has 31 heavy (non-hydrogen) atoms. The lowest BCUT2D eigenvalue weighted by atomic mass is 9.82. The van der Waals surface area contributed by atoms with E-state index in [-0.39, 0.29) is 11.7 Å². The van der Waals surface area contributed by atoms with E-state index in [0.29, 0.717) is 34.9 Å². The van der Waals surface area contributed by atoms with Crippen molar-refractivity contribution in [1.29, 1.82) is 0 Å². The highest BCUT2D eigenvalue weighted by molar-refractivity contribution is 6.30. The molecule has 2 heterocycles. The molecule has 1 aliphatic carbocycles. The number of hydrogen-bond acceptors (Lipinski definition) is 5. The molecule has 0 spiro atoms. The first-order valence-electron chi connectivity index (χ1n) is 9.95. The first-order chi connectivity index (χ1) is 15.1. The second kappa shape index (κ2) is 7.71. The number of ketones is 1. The van der Waals surface area contributed by atoms with Crippen LogP contribution in [0.15, 0.2) is 54.9 Å². The fraction of sp³-hybridized carbons (Fsp3) is 0.208. The number of hydrogen-bond donors (Lipinski definition) is 0. The van der Waals surface area contributed by atoms with E-state index in [1.165, 1.54) is 0 Å². The van der Waals surface area contributed by atoms with Crippen LogP contribution in [0.25, 0.3) is 16.8 Å². The first-order valence-corrected chi connectivity index (χ1v) is 10.3. The van der Waals surface area contributed by atoms with Crippen LogP contribution in [0.1, 0.15) is 34.0 Å². The molecule has 0 bridgehead atoms. The molecule has 1 unspecified atom stereocenters. The van der Waals surface area contributed by atoms with E-state index in [9.17, 15) is 4.79 Å². The molecule has 0 saturated heterocycles. The van der Waals surface area contributed by atoms with Gasteiger partial charge in [-0.3, -0.25) is 4.79 Å². The van der Waals surface area contributed by atoms with E-state index in [2.05, 4.69) is 5.10 Å². The highest BCUT2D eigenvalue weighted by atomic mass is 35.5. The first kappa shape index (κ1) is 19.6. The van der Waals surface area contributed by atoms with Gasteiger partial charge in [0.25, 0.3) is 0 Å². The number of methoxy groups -OCH3 is 2. The van der Waals surface area contributed by atoms with Gasteiger partial charge in [0.2, 0.25) is 0 Å². The molecule has 156 valence electrons. The van der Waals surface area contributed by atoms with Crippen molar-refractivity contribution in [3.05, 3.63) is 76.7 Å². The van der Waals surface area contributed by atoms with Gasteiger partial charge in [-0.1, -0.05) is 29.8 Å². The fourth-order valence-electron chi connectivity index (χ4n) is 4.15. The molecule has 2 aromatic heterocycles. The molecular weight excluding hydrogens is 414 g/mol. The summed E-state index contributed by atoms with van der Waals surface area (Å²) in [5, 5.41) is 5.09. The number of fused-ring (bicyclic) bond motifs is 2. The zero-order valence-corrected chi connectivity index (χ0v) is 17.9. The molecule has 0 fully saturated rings. The summed E-state index contributed by atoms with van der Waals surface area (Å²) in [6, 6.07) is 13.4. The minimum absolute atomic E-state index is 0.0247. The van der Waals surface area contributed by atoms with Gasteiger partial charge in [-0.15, -0.1) is 0 Å². The van der Waals surface area contributed by atoms with Gasteiger partial charge in [0.1, 0.15) is 0 Å². The van der Waals surface area contributed by atoms with Crippen LogP contribution in [-0.2, 0) is 6.42 Å². The van der Waals surface area contributed by atoms with Gasteiger partial charge in [-0.05, 0) is 47.7 Å². The van der Waals surface area contributed by atoms with Crippen LogP contribution < -0.4 is 9.47 Å². The van der Waals surface area contributed by atoms with E-state index in [0.717, 1.165) is 28.0 Å². The molecule has 1 atom stereocenters. The maximum Gasteiger partial charge on any atom is 0.166 e.